The molecule has 0 unspecified atom stereocenters. The monoisotopic (exact) mass is 316 g/mol. The van der Waals surface area contributed by atoms with Crippen LogP contribution in [0.3, 0.4) is 0 Å². The summed E-state index contributed by atoms with van der Waals surface area (Å²) in [7, 11) is 0. The highest BCUT2D eigenvalue weighted by atomic mass is 32.1. The highest BCUT2D eigenvalue weighted by molar-refractivity contribution is 7.19. The van der Waals surface area contributed by atoms with E-state index in [0.29, 0.717) is 5.69 Å². The van der Waals surface area contributed by atoms with E-state index < -0.39 is 18.8 Å². The molecule has 9 heteroatoms. The zero-order valence-corrected chi connectivity index (χ0v) is 11.7. The van der Waals surface area contributed by atoms with Crippen LogP contribution in [-0.2, 0) is 0 Å². The van der Waals surface area contributed by atoms with E-state index in [2.05, 4.69) is 15.3 Å². The predicted molar refractivity (Wildman–Crippen MR) is 73.2 cm³/mol. The lowest BCUT2D eigenvalue weighted by molar-refractivity contribution is -0.122. The molecular weight excluding hydrogens is 305 g/mol. The second-order valence-electron chi connectivity index (χ2n) is 4.09. The predicted octanol–water partition coefficient (Wildman–Crippen LogP) is 3.20. The van der Waals surface area contributed by atoms with Gasteiger partial charge in [-0.25, -0.2) is 9.78 Å². The summed E-state index contributed by atoms with van der Waals surface area (Å²) in [4.78, 5) is 20.2. The largest absolute Gasteiger partial charge is 0.405 e. The van der Waals surface area contributed by atoms with E-state index in [1.165, 1.54) is 11.3 Å². The van der Waals surface area contributed by atoms with Crippen LogP contribution >= 0.6 is 11.3 Å². The molecule has 0 saturated carbocycles. The normalized spacial score (nSPS) is 11.2. The first-order valence-electron chi connectivity index (χ1n) is 5.84. The van der Waals surface area contributed by atoms with Crippen molar-refractivity contribution < 1.29 is 18.0 Å². The Morgan fingerprint density at radius 3 is 2.62 bits per heavy atom. The first-order chi connectivity index (χ1) is 9.85. The molecule has 5 nitrogen and oxygen atoms in total. The van der Waals surface area contributed by atoms with Crippen LogP contribution < -0.4 is 10.6 Å². The van der Waals surface area contributed by atoms with Gasteiger partial charge in [0.2, 0.25) is 0 Å². The standard InChI is InChI=1S/C12H11F3N4OS/c1-7-9(8-2-4-16-5-3-8)21-11(18-7)19-10(20)17-6-12(13,14)15/h2-5H,6H2,1H3,(H2,17,18,19,20). The van der Waals surface area contributed by atoms with Crippen molar-refractivity contribution >= 4 is 22.5 Å². The number of amides is 2. The van der Waals surface area contributed by atoms with Crippen LogP contribution in [0.4, 0.5) is 23.1 Å². The lowest BCUT2D eigenvalue weighted by Gasteiger charge is -2.07. The first-order valence-corrected chi connectivity index (χ1v) is 6.66. The number of halogens is 3. The summed E-state index contributed by atoms with van der Waals surface area (Å²) < 4.78 is 35.9. The molecule has 0 saturated heterocycles. The lowest BCUT2D eigenvalue weighted by Crippen LogP contribution is -2.36. The molecule has 2 rings (SSSR count). The number of urea groups is 1. The molecule has 112 valence electrons. The Balaban J connectivity index is 2.04. The second-order valence-corrected chi connectivity index (χ2v) is 5.09. The summed E-state index contributed by atoms with van der Waals surface area (Å²) in [6.07, 6.45) is -1.20. The number of carbonyl (C=O) groups is 1. The molecule has 0 fully saturated rings. The number of pyridine rings is 1. The molecular formula is C12H11F3N4OS. The molecule has 0 spiro atoms. The minimum Gasteiger partial charge on any atom is -0.329 e. The molecule has 0 radical (unpaired) electrons. The number of aryl methyl sites for hydroxylation is 1. The van der Waals surface area contributed by atoms with Crippen molar-refractivity contribution in [3.8, 4) is 10.4 Å². The SMILES string of the molecule is Cc1nc(NC(=O)NCC(F)(F)F)sc1-c1ccncc1. The maximum Gasteiger partial charge on any atom is 0.405 e. The Morgan fingerprint density at radius 2 is 2.00 bits per heavy atom. The number of hydrogen-bond acceptors (Lipinski definition) is 4. The third-order valence-electron chi connectivity index (χ3n) is 2.41. The molecule has 21 heavy (non-hydrogen) atoms. The van der Waals surface area contributed by atoms with E-state index in [-0.39, 0.29) is 5.13 Å². The molecule has 2 aromatic rings. The van der Waals surface area contributed by atoms with Crippen LogP contribution in [0, 0.1) is 6.92 Å². The Bertz CT molecular complexity index is 627. The number of aromatic nitrogens is 2. The van der Waals surface area contributed by atoms with Crippen molar-refractivity contribution in [3.05, 3.63) is 30.2 Å². The fourth-order valence-electron chi connectivity index (χ4n) is 1.54. The summed E-state index contributed by atoms with van der Waals surface area (Å²) in [5.74, 6) is 0. The smallest absolute Gasteiger partial charge is 0.329 e. The minimum atomic E-state index is -4.45. The number of carbonyl (C=O) groups excluding carboxylic acids is 1. The van der Waals surface area contributed by atoms with Crippen LogP contribution in [0.1, 0.15) is 5.69 Å². The van der Waals surface area contributed by atoms with Crippen LogP contribution in [0.2, 0.25) is 0 Å². The van der Waals surface area contributed by atoms with Gasteiger partial charge in [0.25, 0.3) is 0 Å². The van der Waals surface area contributed by atoms with E-state index in [9.17, 15) is 18.0 Å². The first kappa shape index (κ1) is 15.2. The third kappa shape index (κ3) is 4.42. The number of hydrogen-bond donors (Lipinski definition) is 2. The van der Waals surface area contributed by atoms with Crippen LogP contribution in [0.25, 0.3) is 10.4 Å². The Kier molecular flexibility index (Phi) is 4.41. The molecule has 0 aliphatic heterocycles. The topological polar surface area (TPSA) is 66.9 Å². The highest BCUT2D eigenvalue weighted by Gasteiger charge is 2.27. The van der Waals surface area contributed by atoms with Gasteiger partial charge in [0, 0.05) is 12.4 Å². The number of nitrogens with zero attached hydrogens (tertiary/aromatic N) is 2. The van der Waals surface area contributed by atoms with Gasteiger partial charge in [0.15, 0.2) is 5.13 Å². The van der Waals surface area contributed by atoms with Gasteiger partial charge >= 0.3 is 12.2 Å². The quantitative estimate of drug-likeness (QED) is 0.914. The molecule has 2 N–H and O–H groups in total. The van der Waals surface area contributed by atoms with Crippen molar-refractivity contribution in [1.82, 2.24) is 15.3 Å². The van der Waals surface area contributed by atoms with Gasteiger partial charge in [0.05, 0.1) is 10.6 Å². The van der Waals surface area contributed by atoms with E-state index in [1.807, 2.05) is 0 Å². The van der Waals surface area contributed by atoms with E-state index in [1.54, 1.807) is 36.8 Å². The van der Waals surface area contributed by atoms with Crippen molar-refractivity contribution in [2.75, 3.05) is 11.9 Å². The van der Waals surface area contributed by atoms with Gasteiger partial charge in [-0.3, -0.25) is 10.3 Å². The Labute approximate surface area is 122 Å². The molecule has 0 aromatic carbocycles. The average Bonchev–Trinajstić information content (AvgIpc) is 2.77. The zero-order valence-electron chi connectivity index (χ0n) is 10.9. The summed E-state index contributed by atoms with van der Waals surface area (Å²) in [5, 5.41) is 4.24. The molecule has 2 aromatic heterocycles. The van der Waals surface area contributed by atoms with Crippen molar-refractivity contribution in [2.45, 2.75) is 13.1 Å². The number of thiazole rings is 1. The van der Waals surface area contributed by atoms with Crippen molar-refractivity contribution in [2.24, 2.45) is 0 Å². The van der Waals surface area contributed by atoms with Gasteiger partial charge in [0.1, 0.15) is 6.54 Å². The summed E-state index contributed by atoms with van der Waals surface area (Å²) >= 11 is 1.18. The van der Waals surface area contributed by atoms with E-state index >= 15 is 0 Å². The number of anilines is 1. The van der Waals surface area contributed by atoms with Crippen LogP contribution in [0.15, 0.2) is 24.5 Å². The second kappa shape index (κ2) is 6.08. The van der Waals surface area contributed by atoms with Crippen molar-refractivity contribution in [3.63, 3.8) is 0 Å². The summed E-state index contributed by atoms with van der Waals surface area (Å²) in [6, 6.07) is 2.63. The van der Waals surface area contributed by atoms with Gasteiger partial charge in [-0.2, -0.15) is 13.2 Å². The molecule has 0 aliphatic rings. The van der Waals surface area contributed by atoms with E-state index in [4.69, 9.17) is 0 Å². The highest BCUT2D eigenvalue weighted by Crippen LogP contribution is 2.32. The maximum atomic E-state index is 12.0. The summed E-state index contributed by atoms with van der Waals surface area (Å²) in [6.45, 7) is 0.367. The Hall–Kier alpha value is -2.16. The lowest BCUT2D eigenvalue weighted by atomic mass is 10.2. The number of rotatable bonds is 3. The fraction of sp³-hybridized carbons (Fsp3) is 0.250. The molecule has 0 bridgehead atoms. The molecule has 0 aliphatic carbocycles. The average molecular weight is 316 g/mol. The van der Waals surface area contributed by atoms with Gasteiger partial charge < -0.3 is 5.32 Å². The molecule has 0 atom stereocenters. The maximum absolute atomic E-state index is 12.0. The van der Waals surface area contributed by atoms with Crippen molar-refractivity contribution in [1.29, 1.82) is 0 Å². The minimum absolute atomic E-state index is 0.235. The molecule has 2 heterocycles. The van der Waals surface area contributed by atoms with Gasteiger partial charge in [-0.05, 0) is 24.6 Å². The Morgan fingerprint density at radius 1 is 1.33 bits per heavy atom. The third-order valence-corrected chi connectivity index (χ3v) is 3.53. The fourth-order valence-corrected chi connectivity index (χ4v) is 2.51. The van der Waals surface area contributed by atoms with Crippen LogP contribution in [0.5, 0.6) is 0 Å². The summed E-state index contributed by atoms with van der Waals surface area (Å²) in [5.41, 5.74) is 1.56. The zero-order chi connectivity index (χ0) is 15.5. The number of nitrogens with one attached hydrogen (secondary N) is 2. The van der Waals surface area contributed by atoms with Gasteiger partial charge in [-0.15, -0.1) is 0 Å². The van der Waals surface area contributed by atoms with Gasteiger partial charge in [-0.1, -0.05) is 11.3 Å². The van der Waals surface area contributed by atoms with Crippen LogP contribution in [-0.4, -0.2) is 28.7 Å². The number of alkyl halides is 3. The molecule has 2 amide bonds. The van der Waals surface area contributed by atoms with E-state index in [0.717, 1.165) is 10.4 Å².